The first-order valence-corrected chi connectivity index (χ1v) is 9.88. The van der Waals surface area contributed by atoms with Crippen molar-refractivity contribution in [3.05, 3.63) is 54.4 Å². The molecule has 0 aliphatic carbocycles. The summed E-state index contributed by atoms with van der Waals surface area (Å²) in [5, 5.41) is 3.12. The Bertz CT molecular complexity index is 771. The number of morpholine rings is 1. The Kier molecular flexibility index (Phi) is 6.04. The number of para-hydroxylation sites is 2. The number of rotatable bonds is 4. The van der Waals surface area contributed by atoms with Crippen LogP contribution in [0.5, 0.6) is 0 Å². The van der Waals surface area contributed by atoms with Crippen molar-refractivity contribution in [2.24, 2.45) is 0 Å². The number of benzene rings is 1. The number of hydrogen-bond acceptors (Lipinski definition) is 5. The van der Waals surface area contributed by atoms with Crippen molar-refractivity contribution in [1.29, 1.82) is 0 Å². The minimum atomic E-state index is -0.0262. The molecular weight excluding hydrogens is 354 g/mol. The SMILES string of the molecule is O=C(Nc1ccccc1N1CCOCC1)N1CCN(Cc2cccnc2)CC1. The van der Waals surface area contributed by atoms with Crippen LogP contribution in [0.4, 0.5) is 16.2 Å². The second-order valence-corrected chi connectivity index (χ2v) is 7.17. The van der Waals surface area contributed by atoms with Crippen molar-refractivity contribution in [2.45, 2.75) is 6.54 Å². The summed E-state index contributed by atoms with van der Waals surface area (Å²) in [6, 6.07) is 12.0. The number of carbonyl (C=O) groups excluding carboxylic acids is 1. The summed E-state index contributed by atoms with van der Waals surface area (Å²) in [6.45, 7) is 7.21. The van der Waals surface area contributed by atoms with Gasteiger partial charge in [0.15, 0.2) is 0 Å². The summed E-state index contributed by atoms with van der Waals surface area (Å²) >= 11 is 0. The number of hydrogen-bond donors (Lipinski definition) is 1. The van der Waals surface area contributed by atoms with Crippen molar-refractivity contribution < 1.29 is 9.53 Å². The highest BCUT2D eigenvalue weighted by Crippen LogP contribution is 2.26. The van der Waals surface area contributed by atoms with Gasteiger partial charge in [0, 0.05) is 58.2 Å². The fraction of sp³-hybridized carbons (Fsp3) is 0.429. The van der Waals surface area contributed by atoms with E-state index in [9.17, 15) is 4.79 Å². The average molecular weight is 381 g/mol. The largest absolute Gasteiger partial charge is 0.378 e. The Balaban J connectivity index is 1.32. The minimum absolute atomic E-state index is 0.0262. The number of nitrogens with one attached hydrogen (secondary N) is 1. The molecule has 2 fully saturated rings. The van der Waals surface area contributed by atoms with E-state index < -0.39 is 0 Å². The van der Waals surface area contributed by atoms with E-state index in [1.165, 1.54) is 5.56 Å². The molecule has 0 saturated carbocycles. The Hall–Kier alpha value is -2.64. The van der Waals surface area contributed by atoms with Gasteiger partial charge in [-0.25, -0.2) is 4.79 Å². The Labute approximate surface area is 165 Å². The van der Waals surface area contributed by atoms with Crippen molar-refractivity contribution in [3.8, 4) is 0 Å². The Morgan fingerprint density at radius 1 is 1.00 bits per heavy atom. The van der Waals surface area contributed by atoms with Gasteiger partial charge in [0.25, 0.3) is 0 Å². The first kappa shape index (κ1) is 18.7. The smallest absolute Gasteiger partial charge is 0.321 e. The lowest BCUT2D eigenvalue weighted by atomic mass is 10.2. The van der Waals surface area contributed by atoms with Gasteiger partial charge in [-0.2, -0.15) is 0 Å². The predicted molar refractivity (Wildman–Crippen MR) is 110 cm³/mol. The van der Waals surface area contributed by atoms with E-state index in [-0.39, 0.29) is 6.03 Å². The molecule has 7 heteroatoms. The zero-order valence-corrected chi connectivity index (χ0v) is 16.1. The number of piperazine rings is 1. The molecular formula is C21H27N5O2. The predicted octanol–water partition coefficient (Wildman–Crippen LogP) is 2.27. The molecule has 2 saturated heterocycles. The zero-order chi connectivity index (χ0) is 19.2. The molecule has 2 amide bonds. The normalized spacial score (nSPS) is 18.1. The van der Waals surface area contributed by atoms with Gasteiger partial charge in [-0.05, 0) is 23.8 Å². The van der Waals surface area contributed by atoms with Crippen LogP contribution in [0.3, 0.4) is 0 Å². The summed E-state index contributed by atoms with van der Waals surface area (Å²) in [6.07, 6.45) is 3.70. The van der Waals surface area contributed by atoms with Gasteiger partial charge in [-0.15, -0.1) is 0 Å². The monoisotopic (exact) mass is 381 g/mol. The molecule has 2 aliphatic heterocycles. The second kappa shape index (κ2) is 9.03. The third-order valence-corrected chi connectivity index (χ3v) is 5.29. The molecule has 2 aliphatic rings. The zero-order valence-electron chi connectivity index (χ0n) is 16.1. The lowest BCUT2D eigenvalue weighted by Crippen LogP contribution is -2.49. The molecule has 28 heavy (non-hydrogen) atoms. The van der Waals surface area contributed by atoms with E-state index in [1.54, 1.807) is 6.20 Å². The highest BCUT2D eigenvalue weighted by atomic mass is 16.5. The number of ether oxygens (including phenoxy) is 1. The van der Waals surface area contributed by atoms with E-state index in [4.69, 9.17) is 4.74 Å². The minimum Gasteiger partial charge on any atom is -0.378 e. The van der Waals surface area contributed by atoms with Gasteiger partial charge in [0.1, 0.15) is 0 Å². The molecule has 0 atom stereocenters. The summed E-state index contributed by atoms with van der Waals surface area (Å²) < 4.78 is 5.44. The molecule has 7 nitrogen and oxygen atoms in total. The molecule has 4 rings (SSSR count). The maximum Gasteiger partial charge on any atom is 0.321 e. The van der Waals surface area contributed by atoms with E-state index in [1.807, 2.05) is 35.4 Å². The molecule has 3 heterocycles. The number of urea groups is 1. The fourth-order valence-electron chi connectivity index (χ4n) is 3.71. The number of amides is 2. The van der Waals surface area contributed by atoms with Crippen LogP contribution >= 0.6 is 0 Å². The summed E-state index contributed by atoms with van der Waals surface area (Å²) in [7, 11) is 0. The Morgan fingerprint density at radius 3 is 2.54 bits per heavy atom. The summed E-state index contributed by atoms with van der Waals surface area (Å²) in [5.74, 6) is 0. The number of carbonyl (C=O) groups is 1. The third-order valence-electron chi connectivity index (χ3n) is 5.29. The molecule has 0 spiro atoms. The van der Waals surface area contributed by atoms with Gasteiger partial charge >= 0.3 is 6.03 Å². The van der Waals surface area contributed by atoms with Crippen molar-refractivity contribution in [3.63, 3.8) is 0 Å². The van der Waals surface area contributed by atoms with E-state index in [0.717, 1.165) is 70.4 Å². The Morgan fingerprint density at radius 2 is 1.79 bits per heavy atom. The second-order valence-electron chi connectivity index (χ2n) is 7.17. The van der Waals surface area contributed by atoms with Crippen LogP contribution in [0.25, 0.3) is 0 Å². The van der Waals surface area contributed by atoms with Crippen LogP contribution in [0.15, 0.2) is 48.8 Å². The number of anilines is 2. The van der Waals surface area contributed by atoms with Crippen LogP contribution in [-0.2, 0) is 11.3 Å². The van der Waals surface area contributed by atoms with E-state index in [2.05, 4.69) is 32.2 Å². The molecule has 1 aromatic heterocycles. The first-order valence-electron chi connectivity index (χ1n) is 9.88. The number of pyridine rings is 1. The molecule has 1 N–H and O–H groups in total. The molecule has 0 radical (unpaired) electrons. The maximum atomic E-state index is 12.8. The molecule has 148 valence electrons. The van der Waals surface area contributed by atoms with Gasteiger partial charge in [0.05, 0.1) is 24.6 Å². The number of nitrogens with zero attached hydrogens (tertiary/aromatic N) is 4. The lowest BCUT2D eigenvalue weighted by Gasteiger charge is -2.35. The highest BCUT2D eigenvalue weighted by molar-refractivity contribution is 5.93. The van der Waals surface area contributed by atoms with Crippen LogP contribution in [0.2, 0.25) is 0 Å². The lowest BCUT2D eigenvalue weighted by molar-refractivity contribution is 0.123. The van der Waals surface area contributed by atoms with Gasteiger partial charge < -0.3 is 19.9 Å². The van der Waals surface area contributed by atoms with Gasteiger partial charge in [0.2, 0.25) is 0 Å². The van der Waals surface area contributed by atoms with Crippen molar-refractivity contribution in [1.82, 2.24) is 14.8 Å². The third kappa shape index (κ3) is 4.61. The quantitative estimate of drug-likeness (QED) is 0.880. The topological polar surface area (TPSA) is 60.9 Å². The van der Waals surface area contributed by atoms with Crippen LogP contribution < -0.4 is 10.2 Å². The molecule has 2 aromatic rings. The van der Waals surface area contributed by atoms with Gasteiger partial charge in [-0.3, -0.25) is 9.88 Å². The average Bonchev–Trinajstić information content (AvgIpc) is 2.76. The van der Waals surface area contributed by atoms with Crippen LogP contribution in [-0.4, -0.2) is 73.3 Å². The van der Waals surface area contributed by atoms with Crippen molar-refractivity contribution >= 4 is 17.4 Å². The highest BCUT2D eigenvalue weighted by Gasteiger charge is 2.22. The fourth-order valence-corrected chi connectivity index (χ4v) is 3.71. The van der Waals surface area contributed by atoms with Gasteiger partial charge in [-0.1, -0.05) is 18.2 Å². The van der Waals surface area contributed by atoms with Crippen LogP contribution in [0.1, 0.15) is 5.56 Å². The first-order chi connectivity index (χ1) is 13.8. The maximum absolute atomic E-state index is 12.8. The molecule has 0 unspecified atom stereocenters. The van der Waals surface area contributed by atoms with Crippen LogP contribution in [0, 0.1) is 0 Å². The summed E-state index contributed by atoms with van der Waals surface area (Å²) in [5.41, 5.74) is 3.14. The van der Waals surface area contributed by atoms with E-state index >= 15 is 0 Å². The van der Waals surface area contributed by atoms with E-state index in [0.29, 0.717) is 0 Å². The molecule has 0 bridgehead atoms. The van der Waals surface area contributed by atoms with Crippen molar-refractivity contribution in [2.75, 3.05) is 62.7 Å². The molecule has 1 aromatic carbocycles. The number of aromatic nitrogens is 1. The summed E-state index contributed by atoms with van der Waals surface area (Å²) in [4.78, 5) is 23.5. The standard InChI is InChI=1S/C21H27N5O2/c27-21(23-19-5-1-2-6-20(19)25-12-14-28-15-13-25)26-10-8-24(9-11-26)17-18-4-3-7-22-16-18/h1-7,16H,8-15,17H2,(H,23,27).